The first-order chi connectivity index (χ1) is 22.6. The number of unbranched alkanes of at least 4 members (excludes halogenated alkanes) is 16. The van der Waals surface area contributed by atoms with Crippen LogP contribution in [0.2, 0.25) is 0 Å². The molecule has 3 unspecified atom stereocenters. The molecule has 1 aliphatic carbocycles. The molecule has 0 saturated heterocycles. The molecule has 1 rings (SSSR count). The van der Waals surface area contributed by atoms with E-state index in [9.17, 15) is 9.59 Å². The van der Waals surface area contributed by atoms with Crippen LogP contribution in [0, 0.1) is 5.92 Å². The van der Waals surface area contributed by atoms with Crippen LogP contribution in [0.5, 0.6) is 0 Å². The van der Waals surface area contributed by atoms with Gasteiger partial charge in [-0.1, -0.05) is 127 Å². The monoisotopic (exact) mass is 642 g/mol. The quantitative estimate of drug-likeness (QED) is 0.0463. The number of carbonyl (C=O) groups excluding carboxylic acids is 2. The highest BCUT2D eigenvalue weighted by Gasteiger charge is 2.45. The topological polar surface area (TPSA) is 78.6 Å². The molecule has 1 fully saturated rings. The number of esters is 2. The highest BCUT2D eigenvalue weighted by Crippen LogP contribution is 2.33. The summed E-state index contributed by atoms with van der Waals surface area (Å²) in [5.41, 5.74) is 5.88. The molecule has 0 aromatic heterocycles. The van der Waals surface area contributed by atoms with Crippen LogP contribution in [0.4, 0.5) is 0 Å². The Kier molecular flexibility index (Phi) is 28.6. The summed E-state index contributed by atoms with van der Waals surface area (Å²) in [5.74, 6) is -0.285. The average molecular weight is 642 g/mol. The predicted octanol–water partition coefficient (Wildman–Crippen LogP) is 11.4. The summed E-state index contributed by atoms with van der Waals surface area (Å²) < 4.78 is 11.4. The van der Waals surface area contributed by atoms with Gasteiger partial charge in [0.2, 0.25) is 0 Å². The van der Waals surface area contributed by atoms with Gasteiger partial charge in [-0.25, -0.2) is 0 Å². The highest BCUT2D eigenvalue weighted by atomic mass is 16.6. The Balaban J connectivity index is 2.03. The highest BCUT2D eigenvalue weighted by molar-refractivity contribution is 5.71. The Morgan fingerprint density at radius 3 is 1.37 bits per heavy atom. The van der Waals surface area contributed by atoms with E-state index in [1.807, 2.05) is 0 Å². The van der Waals surface area contributed by atoms with Crippen molar-refractivity contribution in [3.8, 4) is 0 Å². The Hall–Kier alpha value is -2.14. The van der Waals surface area contributed by atoms with Crippen molar-refractivity contribution in [1.29, 1.82) is 0 Å². The van der Waals surface area contributed by atoms with Gasteiger partial charge in [-0.15, -0.1) is 0 Å². The van der Waals surface area contributed by atoms with Crippen LogP contribution in [0.15, 0.2) is 48.6 Å². The molecular formula is C41H71NO4. The third-order valence-corrected chi connectivity index (χ3v) is 8.88. The van der Waals surface area contributed by atoms with Crippen LogP contribution in [0.3, 0.4) is 0 Å². The van der Waals surface area contributed by atoms with Gasteiger partial charge in [0.15, 0.2) is 0 Å². The molecule has 0 amide bonds. The standard InChI is InChI=1S/C41H71NO4/c1-3-5-7-9-11-13-15-17-19-21-23-25-27-29-31-33-39(43)45-38-35-37(36-42)41(38)46-40(44)34-32-30-28-26-24-22-20-18-16-14-12-10-8-6-4-2/h11-14,17-20,37-38,41H,3-10,15-16,21-36,42H2,1-2H3. The lowest BCUT2D eigenvalue weighted by molar-refractivity contribution is -0.192. The zero-order chi connectivity index (χ0) is 33.3. The number of hydrogen-bond acceptors (Lipinski definition) is 5. The molecule has 0 heterocycles. The third kappa shape index (κ3) is 24.1. The van der Waals surface area contributed by atoms with Gasteiger partial charge in [0.1, 0.15) is 12.2 Å². The van der Waals surface area contributed by atoms with E-state index in [0.717, 1.165) is 64.2 Å². The van der Waals surface area contributed by atoms with E-state index in [0.29, 0.717) is 25.8 Å². The maximum Gasteiger partial charge on any atom is 0.306 e. The lowest BCUT2D eigenvalue weighted by Crippen LogP contribution is -2.54. The lowest BCUT2D eigenvalue weighted by Gasteiger charge is -2.42. The molecule has 1 aliphatic rings. The molecule has 5 nitrogen and oxygen atoms in total. The molecule has 0 aromatic rings. The minimum Gasteiger partial charge on any atom is -0.458 e. The summed E-state index contributed by atoms with van der Waals surface area (Å²) in [6.07, 6.45) is 44.5. The number of rotatable bonds is 31. The van der Waals surface area contributed by atoms with Gasteiger partial charge < -0.3 is 15.2 Å². The maximum atomic E-state index is 12.5. The lowest BCUT2D eigenvalue weighted by atomic mass is 9.78. The SMILES string of the molecule is CCCCCC=CCC=CCCCCCCCC(=O)OC1CC(CN)C1OC(=O)CCCCCCCC=CCC=CCCCCC. The zero-order valence-corrected chi connectivity index (χ0v) is 29.9. The molecule has 1 saturated carbocycles. The van der Waals surface area contributed by atoms with Crippen LogP contribution in [-0.2, 0) is 19.1 Å². The minimum absolute atomic E-state index is 0.0854. The Morgan fingerprint density at radius 2 is 0.935 bits per heavy atom. The van der Waals surface area contributed by atoms with Gasteiger partial charge in [0.25, 0.3) is 0 Å². The Morgan fingerprint density at radius 1 is 0.543 bits per heavy atom. The molecule has 0 spiro atoms. The van der Waals surface area contributed by atoms with Crippen molar-refractivity contribution < 1.29 is 19.1 Å². The summed E-state index contributed by atoms with van der Waals surface area (Å²) in [6.45, 7) is 4.93. The summed E-state index contributed by atoms with van der Waals surface area (Å²) in [4.78, 5) is 24.9. The molecule has 0 aliphatic heterocycles. The van der Waals surface area contributed by atoms with Crippen LogP contribution in [-0.4, -0.2) is 30.7 Å². The van der Waals surface area contributed by atoms with Crippen molar-refractivity contribution in [3.05, 3.63) is 48.6 Å². The second kappa shape index (κ2) is 31.5. The van der Waals surface area contributed by atoms with Crippen molar-refractivity contribution in [2.24, 2.45) is 11.7 Å². The molecule has 0 aromatic carbocycles. The van der Waals surface area contributed by atoms with E-state index in [2.05, 4.69) is 62.5 Å². The van der Waals surface area contributed by atoms with Crippen LogP contribution < -0.4 is 5.73 Å². The second-order valence-electron chi connectivity index (χ2n) is 13.2. The van der Waals surface area contributed by atoms with Crippen molar-refractivity contribution in [1.82, 2.24) is 0 Å². The summed E-state index contributed by atoms with van der Waals surface area (Å²) >= 11 is 0. The minimum atomic E-state index is -0.385. The molecular weight excluding hydrogens is 570 g/mol. The fourth-order valence-electron chi connectivity index (χ4n) is 5.79. The normalized spacial score (nSPS) is 18.3. The predicted molar refractivity (Wildman–Crippen MR) is 196 cm³/mol. The number of allylic oxidation sites excluding steroid dienone is 8. The fourth-order valence-corrected chi connectivity index (χ4v) is 5.79. The summed E-state index contributed by atoms with van der Waals surface area (Å²) in [7, 11) is 0. The molecule has 264 valence electrons. The first-order valence-electron chi connectivity index (χ1n) is 19.3. The number of ether oxygens (including phenoxy) is 2. The molecule has 0 bridgehead atoms. The van der Waals surface area contributed by atoms with Gasteiger partial charge in [0, 0.05) is 18.8 Å². The van der Waals surface area contributed by atoms with E-state index in [4.69, 9.17) is 15.2 Å². The number of carbonyl (C=O) groups is 2. The van der Waals surface area contributed by atoms with Crippen LogP contribution >= 0.6 is 0 Å². The number of nitrogens with two attached hydrogens (primary N) is 1. The first kappa shape index (κ1) is 41.9. The molecule has 0 radical (unpaired) electrons. The van der Waals surface area contributed by atoms with E-state index in [1.54, 1.807) is 0 Å². The van der Waals surface area contributed by atoms with Crippen LogP contribution in [0.25, 0.3) is 0 Å². The molecule has 3 atom stereocenters. The van der Waals surface area contributed by atoms with Crippen molar-refractivity contribution >= 4 is 11.9 Å². The average Bonchev–Trinajstić information content (AvgIpc) is 3.05. The van der Waals surface area contributed by atoms with Gasteiger partial charge in [-0.3, -0.25) is 9.59 Å². The number of hydrogen-bond donors (Lipinski definition) is 1. The maximum absolute atomic E-state index is 12.5. The summed E-state index contributed by atoms with van der Waals surface area (Å²) in [6, 6.07) is 0. The van der Waals surface area contributed by atoms with Crippen LogP contribution in [0.1, 0.15) is 174 Å². The summed E-state index contributed by atoms with van der Waals surface area (Å²) in [5, 5.41) is 0. The first-order valence-corrected chi connectivity index (χ1v) is 19.3. The van der Waals surface area contributed by atoms with E-state index < -0.39 is 0 Å². The Labute approximate surface area is 283 Å². The van der Waals surface area contributed by atoms with Gasteiger partial charge in [-0.05, 0) is 90.0 Å². The Bertz CT molecular complexity index is 845. The van der Waals surface area contributed by atoms with Gasteiger partial charge in [0.05, 0.1) is 0 Å². The van der Waals surface area contributed by atoms with E-state index >= 15 is 0 Å². The second-order valence-corrected chi connectivity index (χ2v) is 13.2. The fraction of sp³-hybridized carbons (Fsp3) is 0.756. The molecule has 2 N–H and O–H groups in total. The van der Waals surface area contributed by atoms with Crippen molar-refractivity contribution in [3.63, 3.8) is 0 Å². The van der Waals surface area contributed by atoms with Crippen molar-refractivity contribution in [2.75, 3.05) is 6.54 Å². The van der Waals surface area contributed by atoms with Gasteiger partial charge >= 0.3 is 11.9 Å². The van der Waals surface area contributed by atoms with E-state index in [-0.39, 0.29) is 30.1 Å². The molecule has 5 heteroatoms. The largest absolute Gasteiger partial charge is 0.458 e. The smallest absolute Gasteiger partial charge is 0.306 e. The van der Waals surface area contributed by atoms with Crippen molar-refractivity contribution in [2.45, 2.75) is 187 Å². The third-order valence-electron chi connectivity index (χ3n) is 8.88. The molecule has 46 heavy (non-hydrogen) atoms. The van der Waals surface area contributed by atoms with E-state index in [1.165, 1.54) is 77.0 Å². The zero-order valence-electron chi connectivity index (χ0n) is 29.9. The van der Waals surface area contributed by atoms with Gasteiger partial charge in [-0.2, -0.15) is 0 Å².